The summed E-state index contributed by atoms with van der Waals surface area (Å²) in [5.74, 6) is -9.42. The van der Waals surface area contributed by atoms with Crippen molar-refractivity contribution in [3.8, 4) is 0 Å². The molecule has 0 unspecified atom stereocenters. The summed E-state index contributed by atoms with van der Waals surface area (Å²) in [7, 11) is -7.46. The first-order valence-electron chi connectivity index (χ1n) is 4.18. The molecule has 0 aliphatic carbocycles. The highest BCUT2D eigenvalue weighted by Gasteiger charge is 2.77. The van der Waals surface area contributed by atoms with E-state index in [-0.39, 0.29) is 7.11 Å². The molecule has 0 aromatic carbocycles. The van der Waals surface area contributed by atoms with E-state index in [1.165, 1.54) is 0 Å². The molecule has 1 atom stereocenters. The molecule has 0 heterocycles. The molecule has 15 heteroatoms. The Bertz CT molecular complexity index is 511. The van der Waals surface area contributed by atoms with E-state index in [0.717, 1.165) is 0 Å². The smallest absolute Gasteiger partial charge is 0.464 e. The number of carbonyl (C=O) groups is 1. The molecule has 0 aromatic rings. The van der Waals surface area contributed by atoms with Crippen LogP contribution in [0.5, 0.6) is 0 Å². The van der Waals surface area contributed by atoms with Crippen molar-refractivity contribution in [1.29, 1.82) is 0 Å². The van der Waals surface area contributed by atoms with Gasteiger partial charge in [0.1, 0.15) is 0 Å². The zero-order valence-electron chi connectivity index (χ0n) is 9.35. The number of halogens is 9. The topological polar surface area (TPSA) is 69.7 Å². The first-order chi connectivity index (χ1) is 8.94. The maximum atomic E-state index is 13.2. The van der Waals surface area contributed by atoms with Crippen LogP contribution in [0.1, 0.15) is 0 Å². The van der Waals surface area contributed by atoms with Crippen molar-refractivity contribution in [1.82, 2.24) is 0 Å². The fraction of sp³-hybridized carbons (Fsp3) is 0.833. The van der Waals surface area contributed by atoms with E-state index in [0.29, 0.717) is 0 Å². The summed E-state index contributed by atoms with van der Waals surface area (Å²) in [6.45, 7) is 0. The predicted octanol–water partition coefficient (Wildman–Crippen LogP) is 1.89. The van der Waals surface area contributed by atoms with Crippen LogP contribution >= 0.6 is 0 Å². The number of hydrogen-bond acceptors (Lipinski definition) is 5. The molecule has 21 heavy (non-hydrogen) atoms. The number of carbonyl (C=O) groups excluding carboxylic acids is 1. The number of esters is 1. The molecule has 0 fully saturated rings. The SMILES string of the molecule is COC(=O)[C@](F)(OC(F)(F)C(F)(F)S(=O)(=O)F)C(F)(F)F. The van der Waals surface area contributed by atoms with Gasteiger partial charge in [-0.2, -0.15) is 43.5 Å². The van der Waals surface area contributed by atoms with Crippen molar-refractivity contribution in [2.45, 2.75) is 23.4 Å². The molecule has 0 aromatic heterocycles. The minimum Gasteiger partial charge on any atom is -0.465 e. The van der Waals surface area contributed by atoms with Crippen LogP contribution in [0.15, 0.2) is 0 Å². The van der Waals surface area contributed by atoms with Gasteiger partial charge < -0.3 is 4.74 Å². The van der Waals surface area contributed by atoms with Gasteiger partial charge in [0.25, 0.3) is 0 Å². The van der Waals surface area contributed by atoms with Crippen LogP contribution in [-0.4, -0.2) is 44.9 Å². The Hall–Kier alpha value is -1.25. The van der Waals surface area contributed by atoms with E-state index in [1.54, 1.807) is 0 Å². The summed E-state index contributed by atoms with van der Waals surface area (Å²) < 4.78 is 136. The lowest BCUT2D eigenvalue weighted by molar-refractivity contribution is -0.426. The standard InChI is InChI=1S/C6H3F9O5S/c1-19-2(16)3(7,4(8,9)10)20-5(11,12)6(13,14)21(15,17)18/h1H3/t3-/m0/s1. The third kappa shape index (κ3) is 3.33. The van der Waals surface area contributed by atoms with Crippen LogP contribution in [0.3, 0.4) is 0 Å². The van der Waals surface area contributed by atoms with Crippen molar-refractivity contribution in [2.75, 3.05) is 7.11 Å². The molecule has 0 saturated carbocycles. The lowest BCUT2D eigenvalue weighted by Crippen LogP contribution is -2.59. The fourth-order valence-corrected chi connectivity index (χ4v) is 1.05. The van der Waals surface area contributed by atoms with Gasteiger partial charge in [0.15, 0.2) is 0 Å². The van der Waals surface area contributed by atoms with Gasteiger partial charge in [-0.25, -0.2) is 4.79 Å². The largest absolute Gasteiger partial charge is 0.465 e. The highest BCUT2D eigenvalue weighted by atomic mass is 32.3. The summed E-state index contributed by atoms with van der Waals surface area (Å²) in [4.78, 5) is 10.5. The van der Waals surface area contributed by atoms with E-state index in [2.05, 4.69) is 4.74 Å². The second-order valence-electron chi connectivity index (χ2n) is 3.16. The maximum absolute atomic E-state index is 13.2. The van der Waals surface area contributed by atoms with Gasteiger partial charge in [-0.1, -0.05) is 3.89 Å². The van der Waals surface area contributed by atoms with Gasteiger partial charge in [0.05, 0.1) is 7.11 Å². The minimum atomic E-state index is -7.50. The monoisotopic (exact) mass is 358 g/mol. The molecule has 0 aliphatic heterocycles. The normalized spacial score (nSPS) is 17.2. The van der Waals surface area contributed by atoms with E-state index in [9.17, 15) is 52.2 Å². The third-order valence-corrected chi connectivity index (χ3v) is 2.58. The van der Waals surface area contributed by atoms with Gasteiger partial charge in [0.2, 0.25) is 0 Å². The van der Waals surface area contributed by atoms with Gasteiger partial charge in [-0.05, 0) is 0 Å². The van der Waals surface area contributed by atoms with Gasteiger partial charge >= 0.3 is 39.6 Å². The van der Waals surface area contributed by atoms with Crippen molar-refractivity contribution in [3.63, 3.8) is 0 Å². The van der Waals surface area contributed by atoms with Crippen LogP contribution in [-0.2, 0) is 24.5 Å². The lowest BCUT2D eigenvalue weighted by Gasteiger charge is -2.31. The molecule has 0 saturated heterocycles. The summed E-state index contributed by atoms with van der Waals surface area (Å²) in [6.07, 6.45) is -13.6. The summed E-state index contributed by atoms with van der Waals surface area (Å²) in [6, 6.07) is 0. The van der Waals surface area contributed by atoms with Gasteiger partial charge in [-0.3, -0.25) is 4.74 Å². The molecular weight excluding hydrogens is 355 g/mol. The molecular formula is C6H3F9O5S. The molecule has 0 spiro atoms. The van der Waals surface area contributed by atoms with E-state index < -0.39 is 39.6 Å². The summed E-state index contributed by atoms with van der Waals surface area (Å²) >= 11 is 0. The summed E-state index contributed by atoms with van der Waals surface area (Å²) in [5.41, 5.74) is 0. The Labute approximate surface area is 109 Å². The van der Waals surface area contributed by atoms with Crippen LogP contribution in [0.25, 0.3) is 0 Å². The molecule has 0 rings (SSSR count). The summed E-state index contributed by atoms with van der Waals surface area (Å²) in [5, 5.41) is -6.91. The first kappa shape index (κ1) is 19.8. The number of alkyl halides is 8. The van der Waals surface area contributed by atoms with Gasteiger partial charge in [-0.15, -0.1) is 0 Å². The Balaban J connectivity index is 5.93. The predicted molar refractivity (Wildman–Crippen MR) is 42.9 cm³/mol. The molecule has 0 radical (unpaired) electrons. The zero-order valence-corrected chi connectivity index (χ0v) is 10.2. The fourth-order valence-electron chi connectivity index (χ4n) is 0.724. The highest BCUT2D eigenvalue weighted by molar-refractivity contribution is 7.87. The zero-order chi connectivity index (χ0) is 17.5. The Morgan fingerprint density at radius 3 is 1.57 bits per heavy atom. The van der Waals surface area contributed by atoms with Crippen LogP contribution in [0, 0.1) is 0 Å². The molecule has 0 aliphatic rings. The highest BCUT2D eigenvalue weighted by Crippen LogP contribution is 2.47. The third-order valence-electron chi connectivity index (χ3n) is 1.73. The van der Waals surface area contributed by atoms with Crippen molar-refractivity contribution < 1.29 is 61.7 Å². The Morgan fingerprint density at radius 1 is 0.952 bits per heavy atom. The van der Waals surface area contributed by atoms with Crippen molar-refractivity contribution in [2.24, 2.45) is 0 Å². The molecule has 126 valence electrons. The average Bonchev–Trinajstić information content (AvgIpc) is 2.23. The quantitative estimate of drug-likeness (QED) is 0.427. The first-order valence-corrected chi connectivity index (χ1v) is 5.56. The van der Waals surface area contributed by atoms with Crippen molar-refractivity contribution >= 4 is 16.2 Å². The van der Waals surface area contributed by atoms with Crippen molar-refractivity contribution in [3.05, 3.63) is 0 Å². The Kier molecular flexibility index (Phi) is 4.88. The number of methoxy groups -OCH3 is 1. The average molecular weight is 358 g/mol. The maximum Gasteiger partial charge on any atom is 0.464 e. The molecule has 0 bridgehead atoms. The minimum absolute atomic E-state index is 0.0495. The number of ether oxygens (including phenoxy) is 2. The Morgan fingerprint density at radius 2 is 1.33 bits per heavy atom. The van der Waals surface area contributed by atoms with E-state index in [4.69, 9.17) is 0 Å². The lowest BCUT2D eigenvalue weighted by atomic mass is 10.3. The molecule has 5 nitrogen and oxygen atoms in total. The van der Waals surface area contributed by atoms with Gasteiger partial charge in [0, 0.05) is 0 Å². The second-order valence-corrected chi connectivity index (χ2v) is 4.55. The van der Waals surface area contributed by atoms with E-state index in [1.807, 2.05) is 4.74 Å². The van der Waals surface area contributed by atoms with Crippen LogP contribution in [0.2, 0.25) is 0 Å². The van der Waals surface area contributed by atoms with Crippen LogP contribution in [0.4, 0.5) is 39.0 Å². The number of hydrogen-bond donors (Lipinski definition) is 0. The number of rotatable bonds is 5. The molecule has 0 N–H and O–H groups in total. The van der Waals surface area contributed by atoms with E-state index >= 15 is 0 Å². The second kappa shape index (κ2) is 5.19. The molecule has 0 amide bonds. The van der Waals surface area contributed by atoms with Crippen LogP contribution < -0.4 is 0 Å².